The Morgan fingerprint density at radius 1 is 1.36 bits per heavy atom. The zero-order chi connectivity index (χ0) is 16.3. The summed E-state index contributed by atoms with van der Waals surface area (Å²) in [5.41, 5.74) is 0.122. The van der Waals surface area contributed by atoms with E-state index in [1.807, 2.05) is 30.3 Å². The summed E-state index contributed by atoms with van der Waals surface area (Å²) < 4.78 is 5.29. The maximum Gasteiger partial charge on any atom is 0.317 e. The van der Waals surface area contributed by atoms with E-state index in [-0.39, 0.29) is 12.3 Å². The first kappa shape index (κ1) is 16.0. The number of nitrogens with zero attached hydrogens (tertiary/aromatic N) is 2. The average molecular weight is 304 g/mol. The highest BCUT2D eigenvalue weighted by atomic mass is 16.6. The van der Waals surface area contributed by atoms with Gasteiger partial charge in [0.15, 0.2) is 5.71 Å². The fourth-order valence-electron chi connectivity index (χ4n) is 2.31. The van der Waals surface area contributed by atoms with Crippen LogP contribution in [-0.2, 0) is 20.9 Å². The molecule has 1 N–H and O–H groups in total. The number of benzene rings is 1. The van der Waals surface area contributed by atoms with Crippen molar-refractivity contribution < 1.29 is 19.5 Å². The molecule has 1 aromatic rings. The molecule has 0 aliphatic carbocycles. The van der Waals surface area contributed by atoms with Crippen LogP contribution >= 0.6 is 0 Å². The second-order valence-electron chi connectivity index (χ2n) is 6.24. The van der Waals surface area contributed by atoms with Crippen molar-refractivity contribution in [3.8, 4) is 0 Å². The summed E-state index contributed by atoms with van der Waals surface area (Å²) >= 11 is 0. The number of rotatable bonds is 3. The van der Waals surface area contributed by atoms with Crippen molar-refractivity contribution in [2.24, 2.45) is 11.1 Å². The van der Waals surface area contributed by atoms with Gasteiger partial charge in [-0.25, -0.2) is 0 Å². The van der Waals surface area contributed by atoms with E-state index in [9.17, 15) is 9.59 Å². The molecule has 118 valence electrons. The summed E-state index contributed by atoms with van der Waals surface area (Å²) in [5, 5.41) is 12.1. The minimum Gasteiger partial charge on any atom is -0.459 e. The molecule has 0 saturated carbocycles. The normalized spacial score (nSPS) is 20.5. The third kappa shape index (κ3) is 3.63. The number of amides is 1. The van der Waals surface area contributed by atoms with E-state index in [1.165, 1.54) is 4.90 Å². The number of hydrogen-bond donors (Lipinski definition) is 1. The molecule has 1 amide bonds. The number of ether oxygens (including phenoxy) is 1. The topological polar surface area (TPSA) is 79.2 Å². The van der Waals surface area contributed by atoms with Crippen molar-refractivity contribution in [1.82, 2.24) is 4.90 Å². The zero-order valence-electron chi connectivity index (χ0n) is 12.9. The van der Waals surface area contributed by atoms with Gasteiger partial charge >= 0.3 is 5.97 Å². The van der Waals surface area contributed by atoms with Gasteiger partial charge in [0, 0.05) is 13.1 Å². The highest BCUT2D eigenvalue weighted by Crippen LogP contribution is 2.22. The number of carbonyl (C=O) groups excluding carboxylic acids is 2. The molecular formula is C16H20N2O4. The van der Waals surface area contributed by atoms with Crippen LogP contribution in [0.25, 0.3) is 0 Å². The van der Waals surface area contributed by atoms with Gasteiger partial charge in [0.25, 0.3) is 5.91 Å². The predicted octanol–water partition coefficient (Wildman–Crippen LogP) is 1.82. The number of oxime groups is 1. The Hall–Kier alpha value is -2.37. The fraction of sp³-hybridized carbons (Fsp3) is 0.438. The van der Waals surface area contributed by atoms with Gasteiger partial charge in [0.1, 0.15) is 11.5 Å². The molecule has 1 aliphatic heterocycles. The van der Waals surface area contributed by atoms with Crippen molar-refractivity contribution in [2.75, 3.05) is 6.54 Å². The summed E-state index contributed by atoms with van der Waals surface area (Å²) in [6.45, 7) is 5.76. The average Bonchev–Trinajstić information content (AvgIpc) is 2.75. The Bertz CT molecular complexity index is 590. The monoisotopic (exact) mass is 304 g/mol. The van der Waals surface area contributed by atoms with E-state index in [0.717, 1.165) is 5.56 Å². The summed E-state index contributed by atoms with van der Waals surface area (Å²) in [4.78, 5) is 25.9. The van der Waals surface area contributed by atoms with E-state index < -0.39 is 23.4 Å². The van der Waals surface area contributed by atoms with Crippen molar-refractivity contribution in [3.05, 3.63) is 35.9 Å². The quantitative estimate of drug-likeness (QED) is 0.525. The molecule has 0 bridgehead atoms. The van der Waals surface area contributed by atoms with Gasteiger partial charge in [-0.15, -0.1) is 0 Å². The van der Waals surface area contributed by atoms with Crippen LogP contribution in [0.2, 0.25) is 0 Å². The molecule has 1 unspecified atom stereocenters. The number of carbonyl (C=O) groups is 2. The molecule has 22 heavy (non-hydrogen) atoms. The van der Waals surface area contributed by atoms with Crippen LogP contribution < -0.4 is 0 Å². The Kier molecular flexibility index (Phi) is 4.49. The molecule has 0 spiro atoms. The second kappa shape index (κ2) is 6.17. The van der Waals surface area contributed by atoms with Crippen LogP contribution in [0, 0.1) is 5.92 Å². The molecule has 1 atom stereocenters. The van der Waals surface area contributed by atoms with Crippen molar-refractivity contribution >= 4 is 17.6 Å². The van der Waals surface area contributed by atoms with Crippen LogP contribution in [0.15, 0.2) is 35.5 Å². The van der Waals surface area contributed by atoms with Crippen LogP contribution in [-0.4, -0.2) is 39.8 Å². The predicted molar refractivity (Wildman–Crippen MR) is 80.4 cm³/mol. The zero-order valence-corrected chi connectivity index (χ0v) is 12.9. The first-order valence-corrected chi connectivity index (χ1v) is 7.10. The molecule has 1 fully saturated rings. The van der Waals surface area contributed by atoms with Gasteiger partial charge < -0.3 is 14.8 Å². The lowest BCUT2D eigenvalue weighted by Crippen LogP contribution is -2.33. The van der Waals surface area contributed by atoms with Crippen LogP contribution in [0.4, 0.5) is 0 Å². The first-order valence-electron chi connectivity index (χ1n) is 7.10. The molecule has 6 nitrogen and oxygen atoms in total. The highest BCUT2D eigenvalue weighted by molar-refractivity contribution is 6.44. The lowest BCUT2D eigenvalue weighted by Gasteiger charge is -2.22. The van der Waals surface area contributed by atoms with Gasteiger partial charge in [-0.05, 0) is 26.3 Å². The summed E-state index contributed by atoms with van der Waals surface area (Å²) in [6.07, 6.45) is 0. The van der Waals surface area contributed by atoms with Crippen LogP contribution in [0.3, 0.4) is 0 Å². The molecule has 1 saturated heterocycles. The fourth-order valence-corrected chi connectivity index (χ4v) is 2.31. The molecule has 1 heterocycles. The highest BCUT2D eigenvalue weighted by Gasteiger charge is 2.43. The lowest BCUT2D eigenvalue weighted by atomic mass is 10.1. The molecule has 6 heteroatoms. The lowest BCUT2D eigenvalue weighted by molar-refractivity contribution is -0.157. The second-order valence-corrected chi connectivity index (χ2v) is 6.24. The van der Waals surface area contributed by atoms with E-state index in [0.29, 0.717) is 6.54 Å². The molecular weight excluding hydrogens is 284 g/mol. The van der Waals surface area contributed by atoms with Crippen LogP contribution in [0.5, 0.6) is 0 Å². The van der Waals surface area contributed by atoms with E-state index in [2.05, 4.69) is 5.16 Å². The third-order valence-corrected chi connectivity index (χ3v) is 3.25. The van der Waals surface area contributed by atoms with E-state index >= 15 is 0 Å². The van der Waals surface area contributed by atoms with E-state index in [1.54, 1.807) is 20.8 Å². The summed E-state index contributed by atoms with van der Waals surface area (Å²) in [5.74, 6) is -1.85. The van der Waals surface area contributed by atoms with Gasteiger partial charge in [0.05, 0.1) is 0 Å². The van der Waals surface area contributed by atoms with Crippen molar-refractivity contribution in [2.45, 2.75) is 32.9 Å². The Labute approximate surface area is 129 Å². The number of likely N-dealkylation sites (tertiary alicyclic amines) is 1. The summed E-state index contributed by atoms with van der Waals surface area (Å²) in [7, 11) is 0. The largest absolute Gasteiger partial charge is 0.459 e. The molecule has 1 aliphatic rings. The van der Waals surface area contributed by atoms with Gasteiger partial charge in [-0.3, -0.25) is 9.59 Å². The first-order chi connectivity index (χ1) is 10.3. The minimum absolute atomic E-state index is 0.155. The molecule has 2 rings (SSSR count). The Morgan fingerprint density at radius 2 is 2.00 bits per heavy atom. The van der Waals surface area contributed by atoms with Gasteiger partial charge in [-0.2, -0.15) is 0 Å². The SMILES string of the molecule is CC(C)(C)OC(=O)C1CN(Cc2ccccc2)C(=O)C1=NO. The Balaban J connectivity index is 2.14. The summed E-state index contributed by atoms with van der Waals surface area (Å²) in [6, 6.07) is 9.43. The van der Waals surface area contributed by atoms with Crippen molar-refractivity contribution in [1.29, 1.82) is 0 Å². The smallest absolute Gasteiger partial charge is 0.317 e. The number of hydrogen-bond acceptors (Lipinski definition) is 5. The maximum absolute atomic E-state index is 12.2. The van der Waals surface area contributed by atoms with Crippen molar-refractivity contribution in [3.63, 3.8) is 0 Å². The minimum atomic E-state index is -0.861. The van der Waals surface area contributed by atoms with E-state index in [4.69, 9.17) is 9.94 Å². The van der Waals surface area contributed by atoms with Gasteiger partial charge in [0.2, 0.25) is 0 Å². The molecule has 0 radical (unpaired) electrons. The van der Waals surface area contributed by atoms with Gasteiger partial charge in [-0.1, -0.05) is 35.5 Å². The number of esters is 1. The third-order valence-electron chi connectivity index (χ3n) is 3.25. The standard InChI is InChI=1S/C16H20N2O4/c1-16(2,3)22-15(20)12-10-18(14(19)13(12)17-21)9-11-7-5-4-6-8-11/h4-8,12,21H,9-10H2,1-3H3. The molecule has 0 aromatic heterocycles. The maximum atomic E-state index is 12.2. The van der Waals surface area contributed by atoms with Crippen LogP contribution in [0.1, 0.15) is 26.3 Å². The Morgan fingerprint density at radius 3 is 2.55 bits per heavy atom. The molecule has 1 aromatic carbocycles.